The van der Waals surface area contributed by atoms with Gasteiger partial charge in [0, 0.05) is 5.39 Å². The quantitative estimate of drug-likeness (QED) is 0.648. The molecule has 0 saturated carbocycles. The molecule has 5 nitrogen and oxygen atoms in total. The van der Waals surface area contributed by atoms with Gasteiger partial charge < -0.3 is 4.42 Å². The Morgan fingerprint density at radius 1 is 1.33 bits per heavy atom. The van der Waals surface area contributed by atoms with Crippen molar-refractivity contribution >= 4 is 26.9 Å². The number of pyridine rings is 1. The monoisotopic (exact) mass is 305 g/mol. The molecule has 18 heavy (non-hydrogen) atoms. The third kappa shape index (κ3) is 1.74. The Balaban J connectivity index is 2.26. The van der Waals surface area contributed by atoms with Gasteiger partial charge >= 0.3 is 5.56 Å². The molecule has 0 amide bonds. The number of halogens is 1. The van der Waals surface area contributed by atoms with Gasteiger partial charge in [0.1, 0.15) is 10.4 Å². The van der Waals surface area contributed by atoms with E-state index in [2.05, 4.69) is 26.0 Å². The summed E-state index contributed by atoms with van der Waals surface area (Å²) in [7, 11) is 0. The van der Waals surface area contributed by atoms with E-state index in [-0.39, 0.29) is 5.56 Å². The topological polar surface area (TPSA) is 60.9 Å². The van der Waals surface area contributed by atoms with Crippen LogP contribution in [0, 0.1) is 6.92 Å². The first-order valence-electron chi connectivity index (χ1n) is 5.25. The average molecular weight is 306 g/mol. The molecule has 3 aromatic heterocycles. The van der Waals surface area contributed by atoms with Gasteiger partial charge in [0.25, 0.3) is 0 Å². The first-order chi connectivity index (χ1) is 8.65. The van der Waals surface area contributed by atoms with Crippen molar-refractivity contribution in [2.75, 3.05) is 0 Å². The smallest absolute Gasteiger partial charge is 0.315 e. The number of hydrogen-bond donors (Lipinski definition) is 0. The number of nitrogens with zero attached hydrogens (tertiary/aromatic N) is 3. The van der Waals surface area contributed by atoms with Gasteiger partial charge in [0.05, 0.1) is 18.1 Å². The Hall–Kier alpha value is -1.95. The van der Waals surface area contributed by atoms with E-state index in [0.717, 1.165) is 0 Å². The number of furan rings is 1. The second-order valence-electron chi connectivity index (χ2n) is 3.84. The lowest BCUT2D eigenvalue weighted by atomic mass is 10.3. The minimum Gasteiger partial charge on any atom is -0.455 e. The molecule has 0 N–H and O–H groups in total. The van der Waals surface area contributed by atoms with Crippen molar-refractivity contribution in [3.63, 3.8) is 0 Å². The second-order valence-corrected chi connectivity index (χ2v) is 4.65. The highest BCUT2D eigenvalue weighted by Gasteiger charge is 2.10. The van der Waals surface area contributed by atoms with E-state index in [4.69, 9.17) is 4.42 Å². The number of hydrogen-bond acceptors (Lipinski definition) is 4. The van der Waals surface area contributed by atoms with E-state index in [9.17, 15) is 4.79 Å². The van der Waals surface area contributed by atoms with Gasteiger partial charge in [0.2, 0.25) is 5.58 Å². The molecular formula is C12H8BrN3O2. The fraction of sp³-hybridized carbons (Fsp3) is 0.0833. The molecule has 0 fully saturated rings. The molecule has 0 aliphatic carbocycles. The van der Waals surface area contributed by atoms with Crippen molar-refractivity contribution in [1.29, 1.82) is 0 Å². The van der Waals surface area contributed by atoms with E-state index in [1.54, 1.807) is 37.5 Å². The largest absolute Gasteiger partial charge is 0.455 e. The summed E-state index contributed by atoms with van der Waals surface area (Å²) in [5.41, 5.74) is 0.620. The van der Waals surface area contributed by atoms with Gasteiger partial charge in [0.15, 0.2) is 0 Å². The van der Waals surface area contributed by atoms with Crippen molar-refractivity contribution in [1.82, 2.24) is 14.8 Å². The van der Waals surface area contributed by atoms with Crippen LogP contribution in [0.3, 0.4) is 0 Å². The highest BCUT2D eigenvalue weighted by molar-refractivity contribution is 9.10. The Bertz CT molecular complexity index is 774. The Morgan fingerprint density at radius 3 is 2.89 bits per heavy atom. The van der Waals surface area contributed by atoms with E-state index in [0.29, 0.717) is 27.0 Å². The Morgan fingerprint density at radius 2 is 2.17 bits per heavy atom. The van der Waals surface area contributed by atoms with Crippen LogP contribution in [0.15, 0.2) is 44.4 Å². The highest BCUT2D eigenvalue weighted by Crippen LogP contribution is 2.15. The summed E-state index contributed by atoms with van der Waals surface area (Å²) in [6.07, 6.45) is 3.18. The van der Waals surface area contributed by atoms with Gasteiger partial charge in [-0.1, -0.05) is 0 Å². The van der Waals surface area contributed by atoms with Crippen molar-refractivity contribution in [2.45, 2.75) is 6.92 Å². The lowest BCUT2D eigenvalue weighted by Crippen LogP contribution is -2.20. The molecule has 3 heterocycles. The lowest BCUT2D eigenvalue weighted by molar-refractivity contribution is 0.569. The molecule has 0 bridgehead atoms. The van der Waals surface area contributed by atoms with Crippen LogP contribution >= 0.6 is 15.9 Å². The maximum absolute atomic E-state index is 12.2. The maximum Gasteiger partial charge on any atom is 0.315 e. The van der Waals surface area contributed by atoms with E-state index in [1.165, 1.54) is 4.68 Å². The van der Waals surface area contributed by atoms with Gasteiger partial charge in [-0.25, -0.2) is 4.98 Å². The molecule has 3 rings (SSSR count). The van der Waals surface area contributed by atoms with Gasteiger partial charge in [-0.05, 0) is 41.1 Å². The average Bonchev–Trinajstić information content (AvgIpc) is 2.73. The highest BCUT2D eigenvalue weighted by atomic mass is 79.9. The van der Waals surface area contributed by atoms with Crippen molar-refractivity contribution in [2.24, 2.45) is 0 Å². The molecule has 0 atom stereocenters. The molecule has 6 heteroatoms. The maximum atomic E-state index is 12.2. The first-order valence-corrected chi connectivity index (χ1v) is 6.05. The molecule has 90 valence electrons. The van der Waals surface area contributed by atoms with Crippen LogP contribution in [-0.4, -0.2) is 14.8 Å². The predicted octanol–water partition coefficient (Wildman–Crippen LogP) is 2.44. The van der Waals surface area contributed by atoms with Gasteiger partial charge in [-0.15, -0.1) is 0 Å². The normalized spacial score (nSPS) is 11.0. The van der Waals surface area contributed by atoms with Crippen LogP contribution in [0.5, 0.6) is 0 Å². The summed E-state index contributed by atoms with van der Waals surface area (Å²) in [6, 6.07) is 5.29. The van der Waals surface area contributed by atoms with Crippen molar-refractivity contribution in [3.8, 4) is 5.69 Å². The fourth-order valence-corrected chi connectivity index (χ4v) is 1.98. The summed E-state index contributed by atoms with van der Waals surface area (Å²) in [5, 5.41) is 4.82. The molecule has 0 radical (unpaired) electrons. The lowest BCUT2D eigenvalue weighted by Gasteiger charge is -2.02. The van der Waals surface area contributed by atoms with E-state index >= 15 is 0 Å². The Kier molecular flexibility index (Phi) is 2.52. The molecule has 0 saturated heterocycles. The number of fused-ring (bicyclic) bond motifs is 1. The van der Waals surface area contributed by atoms with Gasteiger partial charge in [-0.2, -0.15) is 9.78 Å². The van der Waals surface area contributed by atoms with Crippen LogP contribution in [0.1, 0.15) is 5.76 Å². The third-order valence-electron chi connectivity index (χ3n) is 2.54. The number of rotatable bonds is 1. The third-order valence-corrected chi connectivity index (χ3v) is 3.01. The predicted molar refractivity (Wildman–Crippen MR) is 69.8 cm³/mol. The molecule has 0 spiro atoms. The minimum atomic E-state index is -0.287. The van der Waals surface area contributed by atoms with Crippen LogP contribution in [0.2, 0.25) is 0 Å². The molecule has 3 aromatic rings. The SMILES string of the molecule is Cc1cc2cnn(-c3ccc(Br)nc3)c(=O)c2o1. The summed E-state index contributed by atoms with van der Waals surface area (Å²) in [6.45, 7) is 1.80. The van der Waals surface area contributed by atoms with Gasteiger partial charge in [-0.3, -0.25) is 4.79 Å². The molecule has 0 aromatic carbocycles. The summed E-state index contributed by atoms with van der Waals surface area (Å²) >= 11 is 3.24. The fourth-order valence-electron chi connectivity index (χ4n) is 1.74. The zero-order valence-corrected chi connectivity index (χ0v) is 11.0. The van der Waals surface area contributed by atoms with E-state index in [1.807, 2.05) is 0 Å². The summed E-state index contributed by atoms with van der Waals surface area (Å²) < 4.78 is 7.35. The first kappa shape index (κ1) is 11.2. The molecule has 0 aliphatic rings. The van der Waals surface area contributed by atoms with Crippen LogP contribution in [-0.2, 0) is 0 Å². The molecule has 0 aliphatic heterocycles. The number of aromatic nitrogens is 3. The van der Waals surface area contributed by atoms with Crippen LogP contribution < -0.4 is 5.56 Å². The summed E-state index contributed by atoms with van der Waals surface area (Å²) in [5.74, 6) is 0.690. The standard InChI is InChI=1S/C12H8BrN3O2/c1-7-4-8-5-15-16(12(17)11(8)18-7)9-2-3-10(13)14-6-9/h2-6H,1H3. The second kappa shape index (κ2) is 4.06. The van der Waals surface area contributed by atoms with Crippen molar-refractivity contribution in [3.05, 3.63) is 51.3 Å². The minimum absolute atomic E-state index is 0.287. The van der Waals surface area contributed by atoms with Crippen molar-refractivity contribution < 1.29 is 4.42 Å². The number of aryl methyl sites for hydroxylation is 1. The Labute approximate surface area is 110 Å². The molecular weight excluding hydrogens is 298 g/mol. The zero-order chi connectivity index (χ0) is 12.7. The molecule has 0 unspecified atom stereocenters. The van der Waals surface area contributed by atoms with Crippen LogP contribution in [0.4, 0.5) is 0 Å². The summed E-state index contributed by atoms with van der Waals surface area (Å²) in [4.78, 5) is 16.3. The van der Waals surface area contributed by atoms with Crippen LogP contribution in [0.25, 0.3) is 16.7 Å². The zero-order valence-electron chi connectivity index (χ0n) is 9.42. The van der Waals surface area contributed by atoms with E-state index < -0.39 is 0 Å².